The van der Waals surface area contributed by atoms with Crippen molar-refractivity contribution in [3.8, 4) is 11.1 Å². The first kappa shape index (κ1) is 25.7. The van der Waals surface area contributed by atoms with Crippen LogP contribution in [0, 0.1) is 0 Å². The predicted octanol–water partition coefficient (Wildman–Crippen LogP) is 9.59. The van der Waals surface area contributed by atoms with E-state index < -0.39 is 0 Å². The summed E-state index contributed by atoms with van der Waals surface area (Å²) >= 11 is 1.83. The van der Waals surface area contributed by atoms with Crippen LogP contribution in [0.3, 0.4) is 0 Å². The van der Waals surface area contributed by atoms with Gasteiger partial charge >= 0.3 is 0 Å². The van der Waals surface area contributed by atoms with Crippen molar-refractivity contribution in [1.29, 1.82) is 0 Å². The molecule has 1 heterocycles. The van der Waals surface area contributed by atoms with Gasteiger partial charge in [0.2, 0.25) is 0 Å². The third-order valence-corrected chi connectivity index (χ3v) is 7.44. The Bertz CT molecular complexity index is 1270. The fourth-order valence-corrected chi connectivity index (χ4v) is 5.22. The van der Waals surface area contributed by atoms with Crippen LogP contribution in [0.25, 0.3) is 17.2 Å². The van der Waals surface area contributed by atoms with Gasteiger partial charge in [-0.25, -0.2) is 0 Å². The molecule has 0 aliphatic rings. The Morgan fingerprint density at radius 1 is 0.861 bits per heavy atom. The van der Waals surface area contributed by atoms with Crippen molar-refractivity contribution in [2.75, 3.05) is 11.9 Å². The minimum Gasteiger partial charge on any atom is -0.383 e. The second-order valence-electron chi connectivity index (χ2n) is 9.05. The summed E-state index contributed by atoms with van der Waals surface area (Å²) in [6, 6.07) is 30.1. The number of nitrogens with zero attached hydrogens (tertiary/aromatic N) is 1. The maximum atomic E-state index is 4.86. The molecule has 0 amide bonds. The number of hydrogen-bond acceptors (Lipinski definition) is 3. The highest BCUT2D eigenvalue weighted by Gasteiger charge is 2.07. The molecule has 1 aromatic heterocycles. The molecule has 184 valence electrons. The minimum absolute atomic E-state index is 0.967. The standard InChI is InChI=1S/C33H36N2S/c1-3-5-6-12-23-34-32-22-17-26(4-2)24-33(32)35-25-30-21-20-29(36-30)19-18-28-15-10-11-16-31(28)27-13-8-7-9-14-27/h4,7-11,13-17,20-22,24-25,34H,2-3,5-6,12,18-19,23H2,1H3. The first-order chi connectivity index (χ1) is 17.8. The van der Waals surface area contributed by atoms with Crippen LogP contribution >= 0.6 is 11.3 Å². The van der Waals surface area contributed by atoms with Crippen molar-refractivity contribution in [3.05, 3.63) is 112 Å². The van der Waals surface area contributed by atoms with E-state index in [0.29, 0.717) is 0 Å². The lowest BCUT2D eigenvalue weighted by Crippen LogP contribution is -2.01. The van der Waals surface area contributed by atoms with Crippen molar-refractivity contribution < 1.29 is 0 Å². The molecule has 0 fully saturated rings. The lowest BCUT2D eigenvalue weighted by Gasteiger charge is -2.10. The van der Waals surface area contributed by atoms with Gasteiger partial charge in [-0.1, -0.05) is 99.5 Å². The zero-order valence-electron chi connectivity index (χ0n) is 21.2. The second-order valence-corrected chi connectivity index (χ2v) is 10.3. The number of aliphatic imine (C=N–C) groups is 1. The summed E-state index contributed by atoms with van der Waals surface area (Å²) in [5.41, 5.74) is 7.14. The molecule has 36 heavy (non-hydrogen) atoms. The van der Waals surface area contributed by atoms with E-state index in [1.54, 1.807) is 0 Å². The van der Waals surface area contributed by atoms with Crippen molar-refractivity contribution in [3.63, 3.8) is 0 Å². The number of aryl methyl sites for hydroxylation is 2. The average Bonchev–Trinajstić information content (AvgIpc) is 3.39. The molecule has 4 rings (SSSR count). The van der Waals surface area contributed by atoms with Gasteiger partial charge in [0.25, 0.3) is 0 Å². The van der Waals surface area contributed by atoms with Gasteiger partial charge in [0.15, 0.2) is 0 Å². The Balaban J connectivity index is 1.41. The van der Waals surface area contributed by atoms with Crippen molar-refractivity contribution in [1.82, 2.24) is 0 Å². The summed E-state index contributed by atoms with van der Waals surface area (Å²) in [4.78, 5) is 7.42. The molecule has 3 aromatic carbocycles. The van der Waals surface area contributed by atoms with Crippen molar-refractivity contribution in [2.45, 2.75) is 45.4 Å². The van der Waals surface area contributed by atoms with E-state index in [4.69, 9.17) is 4.99 Å². The number of anilines is 1. The molecule has 0 spiro atoms. The molecule has 0 aliphatic carbocycles. The molecule has 0 unspecified atom stereocenters. The molecule has 0 atom stereocenters. The minimum atomic E-state index is 0.967. The van der Waals surface area contributed by atoms with Crippen LogP contribution in [0.1, 0.15) is 53.5 Å². The van der Waals surface area contributed by atoms with Gasteiger partial charge in [-0.3, -0.25) is 4.99 Å². The monoisotopic (exact) mass is 492 g/mol. The number of benzene rings is 3. The summed E-state index contributed by atoms with van der Waals surface area (Å²) in [5, 5.41) is 3.58. The van der Waals surface area contributed by atoms with Crippen molar-refractivity contribution in [2.24, 2.45) is 4.99 Å². The smallest absolute Gasteiger partial charge is 0.0867 e. The molecule has 1 N–H and O–H groups in total. The zero-order chi connectivity index (χ0) is 25.0. The van der Waals surface area contributed by atoms with E-state index in [2.05, 4.69) is 104 Å². The quantitative estimate of drug-likeness (QED) is 0.146. The third-order valence-electron chi connectivity index (χ3n) is 6.36. The topological polar surface area (TPSA) is 24.4 Å². The van der Waals surface area contributed by atoms with E-state index in [0.717, 1.165) is 36.3 Å². The fraction of sp³-hybridized carbons (Fsp3) is 0.242. The van der Waals surface area contributed by atoms with Crippen LogP contribution in [0.15, 0.2) is 96.5 Å². The summed E-state index contributed by atoms with van der Waals surface area (Å²) in [7, 11) is 0. The van der Waals surface area contributed by atoms with Gasteiger partial charge in [0.1, 0.15) is 0 Å². The Morgan fingerprint density at radius 3 is 2.53 bits per heavy atom. The van der Waals surface area contributed by atoms with E-state index >= 15 is 0 Å². The van der Waals surface area contributed by atoms with E-state index in [9.17, 15) is 0 Å². The van der Waals surface area contributed by atoms with Gasteiger partial charge < -0.3 is 5.32 Å². The molecule has 0 bridgehead atoms. The average molecular weight is 493 g/mol. The Labute approximate surface area is 220 Å². The normalized spacial score (nSPS) is 11.1. The lowest BCUT2D eigenvalue weighted by atomic mass is 9.96. The molecular weight excluding hydrogens is 456 g/mol. The highest BCUT2D eigenvalue weighted by atomic mass is 32.1. The maximum absolute atomic E-state index is 4.86. The molecule has 4 aromatic rings. The van der Waals surface area contributed by atoms with Crippen LogP contribution in [-0.2, 0) is 12.8 Å². The Hall–Kier alpha value is -3.43. The van der Waals surface area contributed by atoms with Crippen LogP contribution < -0.4 is 5.32 Å². The summed E-state index contributed by atoms with van der Waals surface area (Å²) in [6.07, 6.45) is 10.9. The van der Waals surface area contributed by atoms with Gasteiger partial charge in [0, 0.05) is 22.5 Å². The molecule has 3 heteroatoms. The van der Waals surface area contributed by atoms with E-state index in [-0.39, 0.29) is 0 Å². The fourth-order valence-electron chi connectivity index (χ4n) is 4.33. The van der Waals surface area contributed by atoms with Crippen LogP contribution in [-0.4, -0.2) is 12.8 Å². The third kappa shape index (κ3) is 7.29. The summed E-state index contributed by atoms with van der Waals surface area (Å²) < 4.78 is 0. The Kier molecular flexibility index (Phi) is 9.70. The van der Waals surface area contributed by atoms with E-state index in [1.165, 1.54) is 52.1 Å². The van der Waals surface area contributed by atoms with Crippen LogP contribution in [0.4, 0.5) is 11.4 Å². The number of thiophene rings is 1. The van der Waals surface area contributed by atoms with Gasteiger partial charge in [-0.15, -0.1) is 11.3 Å². The predicted molar refractivity (Wildman–Crippen MR) is 160 cm³/mol. The highest BCUT2D eigenvalue weighted by molar-refractivity contribution is 7.13. The lowest BCUT2D eigenvalue weighted by molar-refractivity contribution is 0.685. The first-order valence-electron chi connectivity index (χ1n) is 13.0. The van der Waals surface area contributed by atoms with Crippen LogP contribution in [0.2, 0.25) is 0 Å². The SMILES string of the molecule is C=Cc1ccc(NCCCCCC)c(N=Cc2ccc(CCc3ccccc3-c3ccccc3)s2)c1. The molecule has 2 nitrogen and oxygen atoms in total. The van der Waals surface area contributed by atoms with Gasteiger partial charge in [-0.05, 0) is 65.8 Å². The number of hydrogen-bond donors (Lipinski definition) is 1. The molecule has 0 radical (unpaired) electrons. The zero-order valence-corrected chi connectivity index (χ0v) is 22.1. The van der Waals surface area contributed by atoms with Gasteiger partial charge in [0.05, 0.1) is 11.4 Å². The number of unbranched alkanes of at least 4 members (excludes halogenated alkanes) is 3. The highest BCUT2D eigenvalue weighted by Crippen LogP contribution is 2.29. The Morgan fingerprint density at radius 2 is 1.69 bits per heavy atom. The number of nitrogens with one attached hydrogen (secondary N) is 1. The summed E-state index contributed by atoms with van der Waals surface area (Å²) in [6.45, 7) is 7.14. The molecular formula is C33H36N2S. The summed E-state index contributed by atoms with van der Waals surface area (Å²) in [5.74, 6) is 0. The largest absolute Gasteiger partial charge is 0.383 e. The first-order valence-corrected chi connectivity index (χ1v) is 13.8. The second kappa shape index (κ2) is 13.6. The maximum Gasteiger partial charge on any atom is 0.0867 e. The van der Waals surface area contributed by atoms with Crippen LogP contribution in [0.5, 0.6) is 0 Å². The van der Waals surface area contributed by atoms with E-state index in [1.807, 2.05) is 23.6 Å². The molecule has 0 aliphatic heterocycles. The van der Waals surface area contributed by atoms with Gasteiger partial charge in [-0.2, -0.15) is 0 Å². The molecule has 0 saturated carbocycles. The number of rotatable bonds is 13. The molecule has 0 saturated heterocycles. The van der Waals surface area contributed by atoms with Crippen molar-refractivity contribution >= 4 is 35.0 Å².